The van der Waals surface area contributed by atoms with Crippen LogP contribution in [0.1, 0.15) is 34.3 Å². The maximum Gasteiger partial charge on any atom is 0.248 e. The molecule has 0 atom stereocenters. The van der Waals surface area contributed by atoms with Crippen LogP contribution in [0.25, 0.3) is 0 Å². The predicted octanol–water partition coefficient (Wildman–Crippen LogP) is 2.27. The summed E-state index contributed by atoms with van der Waals surface area (Å²) in [5.41, 5.74) is 7.82. The van der Waals surface area contributed by atoms with Crippen LogP contribution in [0.3, 0.4) is 0 Å². The van der Waals surface area contributed by atoms with Gasteiger partial charge in [-0.25, -0.2) is 12.7 Å². The van der Waals surface area contributed by atoms with Crippen LogP contribution in [0.2, 0.25) is 0 Å². The largest absolute Gasteiger partial charge is 0.366 e. The number of benzene rings is 2. The van der Waals surface area contributed by atoms with Crippen LogP contribution in [0.15, 0.2) is 48.5 Å². The lowest BCUT2D eigenvalue weighted by atomic mass is 9.97. The third-order valence-corrected chi connectivity index (χ3v) is 7.06. The van der Waals surface area contributed by atoms with Gasteiger partial charge < -0.3 is 11.1 Å². The van der Waals surface area contributed by atoms with Gasteiger partial charge >= 0.3 is 0 Å². The number of carbonyl (C=O) groups is 2. The fraction of sp³-hybridized carbons (Fsp3) is 0.333. The molecule has 154 valence electrons. The molecule has 0 bridgehead atoms. The molecule has 1 saturated heterocycles. The first-order chi connectivity index (χ1) is 13.8. The van der Waals surface area contributed by atoms with Crippen LogP contribution in [0, 0.1) is 12.8 Å². The second kappa shape index (κ2) is 8.75. The summed E-state index contributed by atoms with van der Waals surface area (Å²) in [6.45, 7) is 2.52. The van der Waals surface area contributed by atoms with Gasteiger partial charge in [0, 0.05) is 30.3 Å². The Morgan fingerprint density at radius 1 is 1.10 bits per heavy atom. The third kappa shape index (κ3) is 5.21. The molecular weight excluding hydrogens is 390 g/mol. The molecule has 2 aromatic carbocycles. The number of primary amides is 1. The number of aryl methyl sites for hydroxylation is 1. The van der Waals surface area contributed by atoms with Gasteiger partial charge in [0.15, 0.2) is 0 Å². The zero-order valence-electron chi connectivity index (χ0n) is 16.3. The molecule has 0 spiro atoms. The van der Waals surface area contributed by atoms with E-state index in [0.717, 1.165) is 11.1 Å². The Bertz CT molecular complexity index is 1010. The lowest BCUT2D eigenvalue weighted by molar-refractivity contribution is -0.120. The summed E-state index contributed by atoms with van der Waals surface area (Å²) in [6, 6.07) is 13.9. The van der Waals surface area contributed by atoms with Crippen LogP contribution in [-0.4, -0.2) is 37.6 Å². The van der Waals surface area contributed by atoms with Crippen molar-refractivity contribution in [3.63, 3.8) is 0 Å². The van der Waals surface area contributed by atoms with Crippen molar-refractivity contribution in [3.05, 3.63) is 65.2 Å². The van der Waals surface area contributed by atoms with Gasteiger partial charge in [0.2, 0.25) is 21.8 Å². The Kier molecular flexibility index (Phi) is 6.34. The van der Waals surface area contributed by atoms with Gasteiger partial charge in [-0.1, -0.05) is 30.3 Å². The van der Waals surface area contributed by atoms with Crippen molar-refractivity contribution in [2.75, 3.05) is 18.4 Å². The maximum atomic E-state index is 12.8. The molecule has 0 saturated carbocycles. The number of piperidine rings is 1. The molecule has 0 aromatic heterocycles. The molecule has 2 aromatic rings. The molecule has 1 aliphatic heterocycles. The van der Waals surface area contributed by atoms with Gasteiger partial charge in [-0.15, -0.1) is 0 Å². The molecule has 0 unspecified atom stereocenters. The molecule has 2 amide bonds. The lowest BCUT2D eigenvalue weighted by Gasteiger charge is -2.30. The second-order valence-electron chi connectivity index (χ2n) is 7.29. The summed E-state index contributed by atoms with van der Waals surface area (Å²) in [4.78, 5) is 23.8. The van der Waals surface area contributed by atoms with E-state index in [4.69, 9.17) is 5.73 Å². The third-order valence-electron chi connectivity index (χ3n) is 5.23. The monoisotopic (exact) mass is 415 g/mol. The zero-order chi connectivity index (χ0) is 21.0. The van der Waals surface area contributed by atoms with Crippen LogP contribution >= 0.6 is 0 Å². The van der Waals surface area contributed by atoms with Gasteiger partial charge in [-0.2, -0.15) is 0 Å². The van der Waals surface area contributed by atoms with E-state index >= 15 is 0 Å². The number of hydrogen-bond donors (Lipinski definition) is 2. The smallest absolute Gasteiger partial charge is 0.248 e. The molecule has 1 heterocycles. The predicted molar refractivity (Wildman–Crippen MR) is 112 cm³/mol. The van der Waals surface area contributed by atoms with E-state index in [9.17, 15) is 18.0 Å². The number of nitrogens with one attached hydrogen (secondary N) is 1. The number of anilines is 1. The van der Waals surface area contributed by atoms with Gasteiger partial charge in [0.25, 0.3) is 0 Å². The van der Waals surface area contributed by atoms with E-state index in [0.29, 0.717) is 37.2 Å². The number of nitrogens with zero attached hydrogens (tertiary/aromatic N) is 1. The summed E-state index contributed by atoms with van der Waals surface area (Å²) in [5.74, 6) is -1.05. The average Bonchev–Trinajstić information content (AvgIpc) is 2.70. The molecule has 3 N–H and O–H groups in total. The molecule has 8 heteroatoms. The van der Waals surface area contributed by atoms with Crippen molar-refractivity contribution in [1.82, 2.24) is 4.31 Å². The van der Waals surface area contributed by atoms with Gasteiger partial charge in [0.05, 0.1) is 5.75 Å². The van der Waals surface area contributed by atoms with Crippen LogP contribution in [0.5, 0.6) is 0 Å². The summed E-state index contributed by atoms with van der Waals surface area (Å²) in [7, 11) is -3.43. The Balaban J connectivity index is 1.58. The van der Waals surface area contributed by atoms with E-state index in [1.807, 2.05) is 31.2 Å². The summed E-state index contributed by atoms with van der Waals surface area (Å²) in [5, 5.41) is 2.79. The summed E-state index contributed by atoms with van der Waals surface area (Å²) in [6.07, 6.45) is 0.905. The molecule has 7 nitrogen and oxygen atoms in total. The second-order valence-corrected chi connectivity index (χ2v) is 9.26. The molecular formula is C21H25N3O4S. The molecule has 29 heavy (non-hydrogen) atoms. The maximum absolute atomic E-state index is 12.8. The molecule has 1 fully saturated rings. The summed E-state index contributed by atoms with van der Waals surface area (Å²) < 4.78 is 27.0. The van der Waals surface area contributed by atoms with Crippen molar-refractivity contribution < 1.29 is 18.0 Å². The van der Waals surface area contributed by atoms with Crippen LogP contribution in [-0.2, 0) is 20.6 Å². The van der Waals surface area contributed by atoms with Crippen molar-refractivity contribution in [2.24, 2.45) is 11.7 Å². The fourth-order valence-electron chi connectivity index (χ4n) is 3.45. The number of rotatable bonds is 6. The quantitative estimate of drug-likeness (QED) is 0.754. The molecule has 3 rings (SSSR count). The highest BCUT2D eigenvalue weighted by atomic mass is 32.2. The van der Waals surface area contributed by atoms with Crippen LogP contribution < -0.4 is 11.1 Å². The number of sulfonamides is 1. The highest BCUT2D eigenvalue weighted by molar-refractivity contribution is 7.88. The van der Waals surface area contributed by atoms with Gasteiger partial charge in [-0.3, -0.25) is 9.59 Å². The first-order valence-electron chi connectivity index (χ1n) is 9.49. The normalized spacial score (nSPS) is 15.8. The van der Waals surface area contributed by atoms with E-state index in [-0.39, 0.29) is 17.6 Å². The topological polar surface area (TPSA) is 110 Å². The standard InChI is InChI=1S/C21H25N3O4S/c1-15-5-2-3-6-18(15)14-29(27,28)24-11-9-16(10-12-24)21(26)23-19-8-4-7-17(13-19)20(22)25/h2-8,13,16H,9-12,14H2,1H3,(H2,22,25)(H,23,26). The first-order valence-corrected chi connectivity index (χ1v) is 11.1. The van der Waals surface area contributed by atoms with E-state index < -0.39 is 15.9 Å². The Morgan fingerprint density at radius 2 is 1.79 bits per heavy atom. The zero-order valence-corrected chi connectivity index (χ0v) is 17.1. The highest BCUT2D eigenvalue weighted by Crippen LogP contribution is 2.24. The molecule has 0 radical (unpaired) electrons. The van der Waals surface area contributed by atoms with Crippen molar-refractivity contribution in [3.8, 4) is 0 Å². The van der Waals surface area contributed by atoms with E-state index in [1.165, 1.54) is 10.4 Å². The van der Waals surface area contributed by atoms with Crippen LogP contribution in [0.4, 0.5) is 5.69 Å². The minimum absolute atomic E-state index is 0.0313. The number of nitrogens with two attached hydrogens (primary N) is 1. The number of hydrogen-bond acceptors (Lipinski definition) is 4. The van der Waals surface area contributed by atoms with Gasteiger partial charge in [0.1, 0.15) is 0 Å². The van der Waals surface area contributed by atoms with Crippen molar-refractivity contribution in [1.29, 1.82) is 0 Å². The van der Waals surface area contributed by atoms with Gasteiger partial charge in [-0.05, 0) is 49.1 Å². The Morgan fingerprint density at radius 3 is 2.45 bits per heavy atom. The molecule has 1 aliphatic rings. The van der Waals surface area contributed by atoms with E-state index in [1.54, 1.807) is 18.2 Å². The fourth-order valence-corrected chi connectivity index (χ4v) is 5.12. The van der Waals surface area contributed by atoms with E-state index in [2.05, 4.69) is 5.32 Å². The average molecular weight is 416 g/mol. The lowest BCUT2D eigenvalue weighted by Crippen LogP contribution is -2.42. The Hall–Kier alpha value is -2.71. The SMILES string of the molecule is Cc1ccccc1CS(=O)(=O)N1CCC(C(=O)Nc2cccc(C(N)=O)c2)CC1. The minimum atomic E-state index is -3.43. The number of amides is 2. The Labute approximate surface area is 171 Å². The first kappa shape index (κ1) is 21.0. The molecule has 0 aliphatic carbocycles. The summed E-state index contributed by atoms with van der Waals surface area (Å²) >= 11 is 0. The number of carbonyl (C=O) groups excluding carboxylic acids is 2. The van der Waals surface area contributed by atoms with Crippen molar-refractivity contribution in [2.45, 2.75) is 25.5 Å². The highest BCUT2D eigenvalue weighted by Gasteiger charge is 2.31. The van der Waals surface area contributed by atoms with Crippen molar-refractivity contribution >= 4 is 27.5 Å². The minimum Gasteiger partial charge on any atom is -0.366 e.